The van der Waals surface area contributed by atoms with Gasteiger partial charge in [0, 0.05) is 11.1 Å². The molecule has 0 atom stereocenters. The Morgan fingerprint density at radius 2 is 1.69 bits per heavy atom. The third-order valence-electron chi connectivity index (χ3n) is 4.01. The second-order valence-corrected chi connectivity index (χ2v) is 5.56. The zero-order valence-corrected chi connectivity index (χ0v) is 13.5. The van der Waals surface area contributed by atoms with Gasteiger partial charge in [0.05, 0.1) is 29.2 Å². The largest absolute Gasteiger partial charge is 0.429 e. The maximum Gasteiger partial charge on any atom is 0.298 e. The number of ether oxygens (including phenoxy) is 1. The number of hydrogen-bond donors (Lipinski definition) is 0. The molecule has 0 radical (unpaired) electrons. The molecule has 26 heavy (non-hydrogen) atoms. The molecular weight excluding hydrogens is 328 g/mol. The summed E-state index contributed by atoms with van der Waals surface area (Å²) in [6.45, 7) is 0.397. The van der Waals surface area contributed by atoms with Crippen molar-refractivity contribution in [3.05, 3.63) is 72.4 Å². The topological polar surface area (TPSA) is 80.3 Å². The standard InChI is InChI=1S/C20H12N4O2/c21-11-14-1-3-16(4-2-14)19-12-22-20-10-9-18(23-24(19)20)15-5-7-17(8-6-15)26-13-25/h1-10,12-13H. The van der Waals surface area contributed by atoms with Gasteiger partial charge in [-0.15, -0.1) is 0 Å². The number of benzene rings is 2. The molecule has 0 N–H and O–H groups in total. The Labute approximate surface area is 148 Å². The van der Waals surface area contributed by atoms with Gasteiger partial charge in [-0.25, -0.2) is 9.50 Å². The Morgan fingerprint density at radius 1 is 0.962 bits per heavy atom. The Morgan fingerprint density at radius 3 is 2.38 bits per heavy atom. The van der Waals surface area contributed by atoms with Crippen LogP contribution in [0.4, 0.5) is 0 Å². The van der Waals surface area contributed by atoms with Gasteiger partial charge in [-0.05, 0) is 48.5 Å². The molecule has 2 aromatic heterocycles. The Bertz CT molecular complexity index is 1120. The predicted octanol–water partition coefficient (Wildman–Crippen LogP) is 3.47. The number of aromatic nitrogens is 3. The summed E-state index contributed by atoms with van der Waals surface area (Å²) in [5.41, 5.74) is 4.76. The van der Waals surface area contributed by atoms with Crippen molar-refractivity contribution in [1.82, 2.24) is 14.6 Å². The SMILES string of the molecule is N#Cc1ccc(-c2cnc3ccc(-c4ccc(OC=O)cc4)nn23)cc1. The van der Waals surface area contributed by atoms with E-state index < -0.39 is 0 Å². The van der Waals surface area contributed by atoms with Crippen LogP contribution in [-0.2, 0) is 4.79 Å². The van der Waals surface area contributed by atoms with Crippen LogP contribution in [0.3, 0.4) is 0 Å². The van der Waals surface area contributed by atoms with E-state index in [0.717, 1.165) is 28.2 Å². The minimum absolute atomic E-state index is 0.397. The molecule has 0 aliphatic carbocycles. The van der Waals surface area contributed by atoms with Gasteiger partial charge in [-0.1, -0.05) is 12.1 Å². The quantitative estimate of drug-likeness (QED) is 0.531. The maximum atomic E-state index is 10.4. The van der Waals surface area contributed by atoms with Crippen molar-refractivity contribution in [3.63, 3.8) is 0 Å². The molecule has 0 spiro atoms. The molecule has 0 amide bonds. The van der Waals surface area contributed by atoms with E-state index >= 15 is 0 Å². The summed E-state index contributed by atoms with van der Waals surface area (Å²) in [7, 11) is 0. The van der Waals surface area contributed by atoms with E-state index in [-0.39, 0.29) is 0 Å². The fourth-order valence-corrected chi connectivity index (χ4v) is 2.70. The zero-order valence-electron chi connectivity index (χ0n) is 13.5. The van der Waals surface area contributed by atoms with Gasteiger partial charge in [-0.3, -0.25) is 4.79 Å². The molecule has 0 fully saturated rings. The van der Waals surface area contributed by atoms with Crippen LogP contribution in [0.1, 0.15) is 5.56 Å². The molecule has 6 heteroatoms. The van der Waals surface area contributed by atoms with Crippen molar-refractivity contribution in [2.45, 2.75) is 0 Å². The average Bonchev–Trinajstić information content (AvgIpc) is 3.12. The highest BCUT2D eigenvalue weighted by Crippen LogP contribution is 2.24. The van der Waals surface area contributed by atoms with Crippen LogP contribution >= 0.6 is 0 Å². The smallest absolute Gasteiger partial charge is 0.298 e. The molecule has 4 aromatic rings. The van der Waals surface area contributed by atoms with Crippen molar-refractivity contribution in [1.29, 1.82) is 5.26 Å². The van der Waals surface area contributed by atoms with Crippen LogP contribution in [0.5, 0.6) is 5.75 Å². The Kier molecular flexibility index (Phi) is 3.88. The molecule has 0 bridgehead atoms. The van der Waals surface area contributed by atoms with Gasteiger partial charge in [0.15, 0.2) is 5.65 Å². The molecule has 6 nitrogen and oxygen atoms in total. The van der Waals surface area contributed by atoms with Crippen molar-refractivity contribution >= 4 is 12.1 Å². The highest BCUT2D eigenvalue weighted by atomic mass is 16.5. The summed E-state index contributed by atoms with van der Waals surface area (Å²) in [6.07, 6.45) is 1.76. The van der Waals surface area contributed by atoms with Crippen LogP contribution in [0.15, 0.2) is 66.9 Å². The monoisotopic (exact) mass is 340 g/mol. The average molecular weight is 340 g/mol. The summed E-state index contributed by atoms with van der Waals surface area (Å²) in [5.74, 6) is 0.478. The molecule has 0 aliphatic heterocycles. The molecular formula is C20H12N4O2. The first kappa shape index (κ1) is 15.5. The third-order valence-corrected chi connectivity index (χ3v) is 4.01. The summed E-state index contributed by atoms with van der Waals surface area (Å²) >= 11 is 0. The molecule has 2 aromatic carbocycles. The third kappa shape index (κ3) is 2.78. The summed E-state index contributed by atoms with van der Waals surface area (Å²) in [5, 5.41) is 13.6. The van der Waals surface area contributed by atoms with Crippen molar-refractivity contribution in [2.75, 3.05) is 0 Å². The minimum atomic E-state index is 0.397. The van der Waals surface area contributed by atoms with E-state index in [0.29, 0.717) is 17.8 Å². The lowest BCUT2D eigenvalue weighted by Crippen LogP contribution is -1.97. The first-order valence-electron chi connectivity index (χ1n) is 7.84. The van der Waals surface area contributed by atoms with Gasteiger partial charge in [-0.2, -0.15) is 10.4 Å². The predicted molar refractivity (Wildman–Crippen MR) is 95.3 cm³/mol. The van der Waals surface area contributed by atoms with Crippen LogP contribution in [0.25, 0.3) is 28.2 Å². The van der Waals surface area contributed by atoms with Gasteiger partial charge in [0.25, 0.3) is 6.47 Å². The fraction of sp³-hybridized carbons (Fsp3) is 0. The number of carbonyl (C=O) groups excluding carboxylic acids is 1. The Balaban J connectivity index is 1.76. The van der Waals surface area contributed by atoms with E-state index in [1.807, 2.05) is 36.4 Å². The van der Waals surface area contributed by atoms with E-state index in [4.69, 9.17) is 10.00 Å². The molecule has 0 saturated heterocycles. The van der Waals surface area contributed by atoms with Crippen molar-refractivity contribution < 1.29 is 9.53 Å². The number of fused-ring (bicyclic) bond motifs is 1. The lowest BCUT2D eigenvalue weighted by molar-refractivity contribution is -0.120. The molecule has 0 unspecified atom stereocenters. The van der Waals surface area contributed by atoms with E-state index in [2.05, 4.69) is 16.2 Å². The van der Waals surface area contributed by atoms with Crippen LogP contribution < -0.4 is 4.74 Å². The summed E-state index contributed by atoms with van der Waals surface area (Å²) in [6, 6.07) is 20.3. The minimum Gasteiger partial charge on any atom is -0.429 e. The van der Waals surface area contributed by atoms with Gasteiger partial charge >= 0.3 is 0 Å². The van der Waals surface area contributed by atoms with Crippen LogP contribution in [-0.4, -0.2) is 21.1 Å². The lowest BCUT2D eigenvalue weighted by Gasteiger charge is -2.05. The van der Waals surface area contributed by atoms with E-state index in [1.165, 1.54) is 0 Å². The molecule has 124 valence electrons. The highest BCUT2D eigenvalue weighted by molar-refractivity contribution is 5.66. The fourth-order valence-electron chi connectivity index (χ4n) is 2.70. The summed E-state index contributed by atoms with van der Waals surface area (Å²) < 4.78 is 6.58. The summed E-state index contributed by atoms with van der Waals surface area (Å²) in [4.78, 5) is 14.8. The second-order valence-electron chi connectivity index (χ2n) is 5.56. The first-order chi connectivity index (χ1) is 12.8. The van der Waals surface area contributed by atoms with Crippen molar-refractivity contribution in [3.8, 4) is 34.3 Å². The molecule has 2 heterocycles. The van der Waals surface area contributed by atoms with Crippen molar-refractivity contribution in [2.24, 2.45) is 0 Å². The first-order valence-corrected chi connectivity index (χ1v) is 7.84. The van der Waals surface area contributed by atoms with Crippen LogP contribution in [0.2, 0.25) is 0 Å². The molecule has 0 aliphatic rings. The number of nitrogens with zero attached hydrogens (tertiary/aromatic N) is 4. The molecule has 4 rings (SSSR count). The second kappa shape index (κ2) is 6.49. The van der Waals surface area contributed by atoms with E-state index in [9.17, 15) is 4.79 Å². The van der Waals surface area contributed by atoms with Gasteiger partial charge < -0.3 is 4.74 Å². The van der Waals surface area contributed by atoms with Crippen LogP contribution in [0, 0.1) is 11.3 Å². The number of carbonyl (C=O) groups is 1. The molecule has 0 saturated carbocycles. The number of imidazole rings is 1. The Hall–Kier alpha value is -3.98. The van der Waals surface area contributed by atoms with Gasteiger partial charge in [0.1, 0.15) is 5.75 Å². The zero-order chi connectivity index (χ0) is 17.9. The lowest BCUT2D eigenvalue weighted by atomic mass is 10.1. The highest BCUT2D eigenvalue weighted by Gasteiger charge is 2.09. The number of rotatable bonds is 4. The normalized spacial score (nSPS) is 10.4. The van der Waals surface area contributed by atoms with E-state index in [1.54, 1.807) is 35.0 Å². The van der Waals surface area contributed by atoms with Gasteiger partial charge in [0.2, 0.25) is 0 Å². The maximum absolute atomic E-state index is 10.4. The number of hydrogen-bond acceptors (Lipinski definition) is 5. The number of nitriles is 1.